The van der Waals surface area contributed by atoms with Crippen LogP contribution >= 0.6 is 0 Å². The van der Waals surface area contributed by atoms with Gasteiger partial charge in [-0.15, -0.1) is 0 Å². The Balaban J connectivity index is 1.89. The number of alkyl carbamates (subject to hydrolysis) is 1. The van der Waals surface area contributed by atoms with Gasteiger partial charge in [-0.1, -0.05) is 12.1 Å². The highest BCUT2D eigenvalue weighted by molar-refractivity contribution is 5.90. The number of rotatable bonds is 14. The van der Waals surface area contributed by atoms with E-state index in [0.717, 1.165) is 11.2 Å². The Morgan fingerprint density at radius 2 is 1.66 bits per heavy atom. The van der Waals surface area contributed by atoms with E-state index in [0.29, 0.717) is 30.0 Å². The number of carbonyl (C=O) groups excluding carboxylic acids is 3. The molecule has 2 atom stereocenters. The Kier molecular flexibility index (Phi) is 12.1. The van der Waals surface area contributed by atoms with Crippen LogP contribution in [0, 0.1) is 5.82 Å². The van der Waals surface area contributed by atoms with Gasteiger partial charge in [0.1, 0.15) is 29.3 Å². The number of hydrogen-bond acceptors (Lipinski definition) is 9. The number of aliphatic hydroxyl groups excluding tert-OH is 2. The first-order valence-corrected chi connectivity index (χ1v) is 14.5. The van der Waals surface area contributed by atoms with E-state index in [1.54, 1.807) is 39.3 Å². The summed E-state index contributed by atoms with van der Waals surface area (Å²) in [5, 5.41) is 24.1. The molecule has 1 heterocycles. The molecule has 0 unspecified atom stereocenters. The zero-order chi connectivity index (χ0) is 32.4. The second-order valence-electron chi connectivity index (χ2n) is 11.2. The van der Waals surface area contributed by atoms with E-state index in [4.69, 9.17) is 14.5 Å². The predicted octanol–water partition coefficient (Wildman–Crippen LogP) is 2.23. The van der Waals surface area contributed by atoms with Crippen molar-refractivity contribution in [2.45, 2.75) is 58.2 Å². The summed E-state index contributed by atoms with van der Waals surface area (Å²) in [5.74, 6) is -1.30. The summed E-state index contributed by atoms with van der Waals surface area (Å²) in [5.41, 5.74) is 1.92. The number of nitrogens with zero attached hydrogens (tertiary/aromatic N) is 3. The Morgan fingerprint density at radius 1 is 1.00 bits per heavy atom. The largest absolute Gasteiger partial charge is 0.464 e. The summed E-state index contributed by atoms with van der Waals surface area (Å²) in [6.45, 7) is 7.29. The van der Waals surface area contributed by atoms with E-state index in [2.05, 4.69) is 10.6 Å². The maximum atomic E-state index is 13.6. The first kappa shape index (κ1) is 34.3. The zero-order valence-electron chi connectivity index (χ0n) is 25.8. The molecule has 0 bridgehead atoms. The van der Waals surface area contributed by atoms with Gasteiger partial charge >= 0.3 is 12.1 Å². The highest BCUT2D eigenvalue weighted by Gasteiger charge is 2.30. The van der Waals surface area contributed by atoms with E-state index in [9.17, 15) is 29.0 Å². The van der Waals surface area contributed by atoms with Gasteiger partial charge in [0, 0.05) is 38.7 Å². The molecule has 0 saturated heterocycles. The van der Waals surface area contributed by atoms with Crippen LogP contribution in [0.15, 0.2) is 42.5 Å². The van der Waals surface area contributed by atoms with Gasteiger partial charge in [-0.25, -0.2) is 19.0 Å². The van der Waals surface area contributed by atoms with E-state index in [1.807, 2.05) is 23.1 Å². The van der Waals surface area contributed by atoms with Gasteiger partial charge in [0.2, 0.25) is 5.91 Å². The lowest BCUT2D eigenvalue weighted by Gasteiger charge is -2.25. The number of amides is 2. The van der Waals surface area contributed by atoms with Crippen molar-refractivity contribution in [2.75, 3.05) is 37.8 Å². The Bertz CT molecular complexity index is 1420. The molecule has 0 aliphatic carbocycles. The summed E-state index contributed by atoms with van der Waals surface area (Å²) < 4.78 is 25.9. The number of fused-ring (bicyclic) bond motifs is 1. The summed E-state index contributed by atoms with van der Waals surface area (Å²) in [6.07, 6.45) is -0.832. The molecule has 0 fully saturated rings. The normalized spacial score (nSPS) is 12.8. The third-order valence-corrected chi connectivity index (χ3v) is 6.70. The lowest BCUT2D eigenvalue weighted by molar-refractivity contribution is -0.147. The molecular formula is C31H42FN5O7. The number of hydrogen-bond donors (Lipinski definition) is 4. The number of aryl methyl sites for hydroxylation is 1. The van der Waals surface area contributed by atoms with Crippen molar-refractivity contribution in [3.63, 3.8) is 0 Å². The van der Waals surface area contributed by atoms with Gasteiger partial charge in [0.25, 0.3) is 0 Å². The predicted molar refractivity (Wildman–Crippen MR) is 163 cm³/mol. The number of aliphatic hydroxyl groups is 2. The SMILES string of the molecule is CCOC(=O)[C@H](Cc1nc2cc(N(CCO)CCO)ccc2n1C)NC(=O)[C@H](Cc1ccc(F)cc1)NC(=O)OC(C)(C)C. The summed E-state index contributed by atoms with van der Waals surface area (Å²) in [7, 11) is 1.79. The van der Waals surface area contributed by atoms with Gasteiger partial charge < -0.3 is 39.8 Å². The molecule has 3 rings (SSSR count). The molecular weight excluding hydrogens is 573 g/mol. The number of benzene rings is 2. The molecule has 44 heavy (non-hydrogen) atoms. The van der Waals surface area contributed by atoms with Gasteiger partial charge in [0.05, 0.1) is 30.9 Å². The first-order valence-electron chi connectivity index (χ1n) is 14.5. The monoisotopic (exact) mass is 615 g/mol. The molecule has 0 radical (unpaired) electrons. The van der Waals surface area contributed by atoms with Crippen LogP contribution in [0.5, 0.6) is 0 Å². The molecule has 3 aromatic rings. The smallest absolute Gasteiger partial charge is 0.408 e. The van der Waals surface area contributed by atoms with Gasteiger partial charge in [0.15, 0.2) is 0 Å². The van der Waals surface area contributed by atoms with E-state index in [-0.39, 0.29) is 32.7 Å². The van der Waals surface area contributed by atoms with Gasteiger partial charge in [-0.05, 0) is 63.6 Å². The third-order valence-electron chi connectivity index (χ3n) is 6.70. The minimum Gasteiger partial charge on any atom is -0.464 e. The molecule has 2 aromatic carbocycles. The molecule has 240 valence electrons. The van der Waals surface area contributed by atoms with Crippen molar-refractivity contribution < 1.29 is 38.5 Å². The van der Waals surface area contributed by atoms with Gasteiger partial charge in [-0.2, -0.15) is 0 Å². The fourth-order valence-electron chi connectivity index (χ4n) is 4.64. The Labute approximate surface area is 256 Å². The number of esters is 1. The standard InChI is InChI=1S/C31H42FN5O7/c1-6-43-29(41)25(19-27-33-23-18-22(11-12-26(23)36(27)5)37(13-15-38)14-16-39)34-28(40)24(35-30(42)44-31(2,3)4)17-20-7-9-21(32)10-8-20/h7-12,18,24-25,38-39H,6,13-17,19H2,1-5H3,(H,34,40)(H,35,42)/t24-,25-/m0/s1. The molecule has 4 N–H and O–H groups in total. The van der Waals surface area contributed by atoms with E-state index >= 15 is 0 Å². The Hall–Kier alpha value is -4.23. The number of nitrogens with one attached hydrogen (secondary N) is 2. The second-order valence-corrected chi connectivity index (χ2v) is 11.2. The van der Waals surface area contributed by atoms with Crippen LogP contribution in [0.1, 0.15) is 39.1 Å². The van der Waals surface area contributed by atoms with Crippen molar-refractivity contribution in [2.24, 2.45) is 7.05 Å². The van der Waals surface area contributed by atoms with Gasteiger partial charge in [-0.3, -0.25) is 4.79 Å². The molecule has 12 nitrogen and oxygen atoms in total. The Morgan fingerprint density at radius 3 is 2.25 bits per heavy atom. The average molecular weight is 616 g/mol. The number of anilines is 1. The zero-order valence-corrected chi connectivity index (χ0v) is 25.8. The van der Waals surface area contributed by atoms with Crippen LogP contribution in [0.4, 0.5) is 14.9 Å². The number of ether oxygens (including phenoxy) is 2. The fraction of sp³-hybridized carbons (Fsp3) is 0.484. The number of aromatic nitrogens is 2. The first-order chi connectivity index (χ1) is 20.8. The highest BCUT2D eigenvalue weighted by Crippen LogP contribution is 2.23. The third kappa shape index (κ3) is 9.64. The summed E-state index contributed by atoms with van der Waals surface area (Å²) in [4.78, 5) is 45.8. The average Bonchev–Trinajstić information content (AvgIpc) is 3.26. The van der Waals surface area contributed by atoms with Crippen molar-refractivity contribution in [1.82, 2.24) is 20.2 Å². The van der Waals surface area contributed by atoms with Crippen molar-refractivity contribution in [1.29, 1.82) is 0 Å². The fourth-order valence-corrected chi connectivity index (χ4v) is 4.64. The molecule has 13 heteroatoms. The van der Waals surface area contributed by atoms with Crippen LogP contribution in [-0.2, 0) is 39.0 Å². The number of imidazole rings is 1. The highest BCUT2D eigenvalue weighted by atomic mass is 19.1. The summed E-state index contributed by atoms with van der Waals surface area (Å²) >= 11 is 0. The van der Waals surface area contributed by atoms with Crippen LogP contribution in [0.2, 0.25) is 0 Å². The maximum Gasteiger partial charge on any atom is 0.408 e. The van der Waals surface area contributed by atoms with Crippen molar-refractivity contribution in [3.05, 3.63) is 59.7 Å². The number of halogens is 1. The minimum atomic E-state index is -1.15. The molecule has 0 saturated carbocycles. The quantitative estimate of drug-likeness (QED) is 0.200. The van der Waals surface area contributed by atoms with Crippen LogP contribution in [-0.4, -0.2) is 88.3 Å². The van der Waals surface area contributed by atoms with Crippen molar-refractivity contribution >= 4 is 34.7 Å². The molecule has 0 aliphatic heterocycles. The van der Waals surface area contributed by atoms with E-state index < -0.39 is 41.5 Å². The lowest BCUT2D eigenvalue weighted by atomic mass is 10.0. The number of carbonyl (C=O) groups is 3. The second kappa shape index (κ2) is 15.5. The van der Waals surface area contributed by atoms with Crippen LogP contribution in [0.3, 0.4) is 0 Å². The van der Waals surface area contributed by atoms with Crippen LogP contribution in [0.25, 0.3) is 11.0 Å². The topological polar surface area (TPSA) is 155 Å². The molecule has 0 spiro atoms. The molecule has 1 aromatic heterocycles. The maximum absolute atomic E-state index is 13.6. The van der Waals surface area contributed by atoms with E-state index in [1.165, 1.54) is 24.3 Å². The van der Waals surface area contributed by atoms with Crippen molar-refractivity contribution in [3.8, 4) is 0 Å². The lowest BCUT2D eigenvalue weighted by Crippen LogP contribution is -2.54. The summed E-state index contributed by atoms with van der Waals surface area (Å²) in [6, 6.07) is 8.75. The molecule has 0 aliphatic rings. The molecule has 2 amide bonds. The van der Waals surface area contributed by atoms with Crippen LogP contribution < -0.4 is 15.5 Å². The minimum absolute atomic E-state index is 0.00808.